The van der Waals surface area contributed by atoms with Crippen LogP contribution in [0.3, 0.4) is 0 Å². The molecule has 6 heteroatoms. The van der Waals surface area contributed by atoms with E-state index in [0.29, 0.717) is 15.8 Å². The summed E-state index contributed by atoms with van der Waals surface area (Å²) in [5.74, 6) is -0.594. The number of ether oxygens (including phenoxy) is 1. The fourth-order valence-corrected chi connectivity index (χ4v) is 2.20. The van der Waals surface area contributed by atoms with Gasteiger partial charge in [-0.25, -0.2) is 4.39 Å². The Morgan fingerprint density at radius 2 is 2.10 bits per heavy atom. The van der Waals surface area contributed by atoms with Crippen LogP contribution in [0.2, 0.25) is 5.02 Å². The molecule has 0 aromatic heterocycles. The Balaban J connectivity index is 2.30. The predicted molar refractivity (Wildman–Crippen MR) is 80.1 cm³/mol. The van der Waals surface area contributed by atoms with E-state index in [0.717, 1.165) is 0 Å². The number of carbonyl (C=O) groups excluding carboxylic acids is 1. The number of benzene rings is 2. The molecule has 0 saturated heterocycles. The maximum absolute atomic E-state index is 13.7. The van der Waals surface area contributed by atoms with Gasteiger partial charge in [-0.05, 0) is 46.3 Å². The van der Waals surface area contributed by atoms with E-state index < -0.39 is 11.7 Å². The number of nitrogens with one attached hydrogen (secondary N) is 1. The van der Waals surface area contributed by atoms with Crippen molar-refractivity contribution in [3.8, 4) is 5.75 Å². The van der Waals surface area contributed by atoms with Gasteiger partial charge in [-0.1, -0.05) is 17.7 Å². The van der Waals surface area contributed by atoms with E-state index in [2.05, 4.69) is 21.2 Å². The molecule has 0 fully saturated rings. The predicted octanol–water partition coefficient (Wildman–Crippen LogP) is 4.50. The summed E-state index contributed by atoms with van der Waals surface area (Å²) >= 11 is 8.94. The van der Waals surface area contributed by atoms with Crippen LogP contribution in [0.5, 0.6) is 5.75 Å². The molecule has 0 aliphatic rings. The maximum atomic E-state index is 13.7. The highest BCUT2D eigenvalue weighted by Crippen LogP contribution is 2.26. The number of amides is 1. The first kappa shape index (κ1) is 14.8. The minimum atomic E-state index is -0.665. The van der Waals surface area contributed by atoms with Gasteiger partial charge in [0, 0.05) is 4.47 Å². The van der Waals surface area contributed by atoms with Crippen molar-refractivity contribution in [2.45, 2.75) is 0 Å². The van der Waals surface area contributed by atoms with Crippen molar-refractivity contribution in [3.63, 3.8) is 0 Å². The molecule has 3 nitrogen and oxygen atoms in total. The summed E-state index contributed by atoms with van der Waals surface area (Å²) < 4.78 is 19.4. The standard InChI is InChI=1S/C14H10BrClFNO2/c1-20-8-5-6-10(15)9(7-8)14(19)18-12-4-2-3-11(16)13(12)17/h2-7H,1H3,(H,18,19). The third kappa shape index (κ3) is 3.11. The first-order valence-electron chi connectivity index (χ1n) is 5.62. The maximum Gasteiger partial charge on any atom is 0.257 e. The first-order valence-corrected chi connectivity index (χ1v) is 6.79. The van der Waals surface area contributed by atoms with Gasteiger partial charge in [0.2, 0.25) is 0 Å². The first-order chi connectivity index (χ1) is 9.52. The van der Waals surface area contributed by atoms with Crippen molar-refractivity contribution in [1.29, 1.82) is 0 Å². The third-order valence-electron chi connectivity index (χ3n) is 2.62. The lowest BCUT2D eigenvalue weighted by molar-refractivity contribution is 0.102. The number of halogens is 3. The molecule has 0 aliphatic heterocycles. The normalized spacial score (nSPS) is 10.2. The lowest BCUT2D eigenvalue weighted by Crippen LogP contribution is -2.14. The average Bonchev–Trinajstić information content (AvgIpc) is 2.44. The fraction of sp³-hybridized carbons (Fsp3) is 0.0714. The molecular formula is C14H10BrClFNO2. The van der Waals surface area contributed by atoms with Crippen molar-refractivity contribution in [2.24, 2.45) is 0 Å². The van der Waals surface area contributed by atoms with Crippen LogP contribution in [-0.4, -0.2) is 13.0 Å². The van der Waals surface area contributed by atoms with Gasteiger partial charge in [-0.3, -0.25) is 4.79 Å². The van der Waals surface area contributed by atoms with Gasteiger partial charge in [0.05, 0.1) is 23.4 Å². The van der Waals surface area contributed by atoms with Gasteiger partial charge in [0.15, 0.2) is 5.82 Å². The highest BCUT2D eigenvalue weighted by molar-refractivity contribution is 9.10. The van der Waals surface area contributed by atoms with Crippen molar-refractivity contribution < 1.29 is 13.9 Å². The Morgan fingerprint density at radius 1 is 1.35 bits per heavy atom. The molecule has 2 aromatic rings. The Labute approximate surface area is 128 Å². The third-order valence-corrected chi connectivity index (χ3v) is 3.60. The van der Waals surface area contributed by atoms with Gasteiger partial charge in [0.1, 0.15) is 5.75 Å². The molecule has 0 bridgehead atoms. The van der Waals surface area contributed by atoms with E-state index in [9.17, 15) is 9.18 Å². The van der Waals surface area contributed by atoms with E-state index in [1.54, 1.807) is 24.3 Å². The highest BCUT2D eigenvalue weighted by Gasteiger charge is 2.14. The summed E-state index contributed by atoms with van der Waals surface area (Å²) in [5.41, 5.74) is 0.362. The van der Waals surface area contributed by atoms with Gasteiger partial charge in [-0.15, -0.1) is 0 Å². The Bertz CT molecular complexity index is 664. The van der Waals surface area contributed by atoms with E-state index in [-0.39, 0.29) is 10.7 Å². The second-order valence-corrected chi connectivity index (χ2v) is 5.16. The molecule has 0 unspecified atom stereocenters. The van der Waals surface area contributed by atoms with Crippen molar-refractivity contribution >= 4 is 39.1 Å². The number of carbonyl (C=O) groups is 1. The lowest BCUT2D eigenvalue weighted by Gasteiger charge is -2.09. The summed E-state index contributed by atoms with van der Waals surface area (Å²) in [6.07, 6.45) is 0. The molecule has 1 N–H and O–H groups in total. The molecule has 20 heavy (non-hydrogen) atoms. The van der Waals surface area contributed by atoms with Gasteiger partial charge < -0.3 is 10.1 Å². The molecular weight excluding hydrogens is 349 g/mol. The lowest BCUT2D eigenvalue weighted by atomic mass is 10.2. The van der Waals surface area contributed by atoms with E-state index in [1.807, 2.05) is 0 Å². The number of rotatable bonds is 3. The molecule has 2 rings (SSSR count). The highest BCUT2D eigenvalue weighted by atomic mass is 79.9. The zero-order valence-corrected chi connectivity index (χ0v) is 12.8. The summed E-state index contributed by atoms with van der Waals surface area (Å²) in [4.78, 5) is 12.2. The minimum absolute atomic E-state index is 0.0252. The van der Waals surface area contributed by atoms with Crippen LogP contribution in [0.25, 0.3) is 0 Å². The summed E-state index contributed by atoms with van der Waals surface area (Å²) in [6.45, 7) is 0. The Kier molecular flexibility index (Phi) is 4.62. The van der Waals surface area contributed by atoms with Crippen molar-refractivity contribution in [2.75, 3.05) is 12.4 Å². The second kappa shape index (κ2) is 6.24. The van der Waals surface area contributed by atoms with Crippen LogP contribution in [0.1, 0.15) is 10.4 Å². The molecule has 0 heterocycles. The van der Waals surface area contributed by atoms with Crippen LogP contribution >= 0.6 is 27.5 Å². The average molecular weight is 359 g/mol. The molecule has 0 aliphatic carbocycles. The topological polar surface area (TPSA) is 38.3 Å². The molecule has 0 atom stereocenters. The molecule has 104 valence electrons. The van der Waals surface area contributed by atoms with E-state index >= 15 is 0 Å². The van der Waals surface area contributed by atoms with Crippen LogP contribution in [0.15, 0.2) is 40.9 Å². The van der Waals surface area contributed by atoms with Crippen LogP contribution in [-0.2, 0) is 0 Å². The monoisotopic (exact) mass is 357 g/mol. The molecule has 1 amide bonds. The largest absolute Gasteiger partial charge is 0.497 e. The smallest absolute Gasteiger partial charge is 0.257 e. The van der Waals surface area contributed by atoms with Gasteiger partial charge in [-0.2, -0.15) is 0 Å². The van der Waals surface area contributed by atoms with Crippen molar-refractivity contribution in [3.05, 3.63) is 57.3 Å². The Morgan fingerprint density at radius 3 is 2.80 bits per heavy atom. The molecule has 0 saturated carbocycles. The molecule has 0 spiro atoms. The van der Waals surface area contributed by atoms with Crippen molar-refractivity contribution in [1.82, 2.24) is 0 Å². The van der Waals surface area contributed by atoms with Gasteiger partial charge >= 0.3 is 0 Å². The molecule has 0 radical (unpaired) electrons. The SMILES string of the molecule is COc1ccc(Br)c(C(=O)Nc2cccc(Cl)c2F)c1. The van der Waals surface area contributed by atoms with Crippen LogP contribution < -0.4 is 10.1 Å². The molecule has 2 aromatic carbocycles. The Hall–Kier alpha value is -1.59. The quantitative estimate of drug-likeness (QED) is 0.877. The van der Waals surface area contributed by atoms with Crippen LogP contribution in [0.4, 0.5) is 10.1 Å². The van der Waals surface area contributed by atoms with E-state index in [1.165, 1.54) is 19.2 Å². The zero-order chi connectivity index (χ0) is 14.7. The number of hydrogen-bond acceptors (Lipinski definition) is 2. The number of methoxy groups -OCH3 is 1. The number of hydrogen-bond donors (Lipinski definition) is 1. The van der Waals surface area contributed by atoms with Crippen LogP contribution in [0, 0.1) is 5.82 Å². The number of anilines is 1. The summed E-state index contributed by atoms with van der Waals surface area (Å²) in [7, 11) is 1.50. The van der Waals surface area contributed by atoms with E-state index in [4.69, 9.17) is 16.3 Å². The minimum Gasteiger partial charge on any atom is -0.497 e. The second-order valence-electron chi connectivity index (χ2n) is 3.90. The zero-order valence-electron chi connectivity index (χ0n) is 10.4. The summed E-state index contributed by atoms with van der Waals surface area (Å²) in [6, 6.07) is 9.35. The summed E-state index contributed by atoms with van der Waals surface area (Å²) in [5, 5.41) is 2.43. The fourth-order valence-electron chi connectivity index (χ4n) is 1.60. The van der Waals surface area contributed by atoms with Gasteiger partial charge in [0.25, 0.3) is 5.91 Å².